The van der Waals surface area contributed by atoms with E-state index in [0.29, 0.717) is 13.0 Å². The van der Waals surface area contributed by atoms with Crippen LogP contribution in [0.3, 0.4) is 0 Å². The Hall–Kier alpha value is -1.56. The van der Waals surface area contributed by atoms with Gasteiger partial charge < -0.3 is 5.73 Å². The maximum Gasteiger partial charge on any atom is 0.289 e. The van der Waals surface area contributed by atoms with Gasteiger partial charge in [-0.15, -0.1) is 0 Å². The van der Waals surface area contributed by atoms with E-state index in [0.717, 1.165) is 30.0 Å². The van der Waals surface area contributed by atoms with Crippen molar-refractivity contribution >= 4 is 5.78 Å². The van der Waals surface area contributed by atoms with E-state index in [4.69, 9.17) is 5.73 Å². The zero-order valence-electron chi connectivity index (χ0n) is 9.56. The molecule has 94 valence electrons. The lowest BCUT2D eigenvalue weighted by molar-refractivity contribution is -0.119. The minimum atomic E-state index is -0.941. The maximum absolute atomic E-state index is 12.9. The molecular weight excluding hydrogens is 225 g/mol. The molecule has 1 heterocycles. The predicted octanol–water partition coefficient (Wildman–Crippen LogP) is 0.471. The van der Waals surface area contributed by atoms with Crippen molar-refractivity contribution in [2.75, 3.05) is 6.54 Å². The Bertz CT molecular complexity index is 431. The lowest BCUT2D eigenvalue weighted by Gasteiger charge is -2.03. The number of aromatic nitrogens is 2. The Balaban J connectivity index is 2.46. The van der Waals surface area contributed by atoms with Crippen LogP contribution >= 0.6 is 0 Å². The van der Waals surface area contributed by atoms with Gasteiger partial charge in [-0.25, -0.2) is 4.98 Å². The number of carbonyl (C=O) groups excluding carboxylic acids is 1. The molecular formula is C11H16FN3O2. The molecule has 5 nitrogen and oxygen atoms in total. The third-order valence-corrected chi connectivity index (χ3v) is 2.37. The van der Waals surface area contributed by atoms with Crippen LogP contribution in [-0.4, -0.2) is 21.9 Å². The third kappa shape index (κ3) is 4.44. The highest BCUT2D eigenvalue weighted by Crippen LogP contribution is 2.00. The summed E-state index contributed by atoms with van der Waals surface area (Å²) in [6.45, 7) is 0.494. The van der Waals surface area contributed by atoms with Gasteiger partial charge in [0.15, 0.2) is 5.78 Å². The molecule has 0 saturated heterocycles. The number of hydrogen-bond donors (Lipinski definition) is 1. The van der Waals surface area contributed by atoms with Gasteiger partial charge in [-0.3, -0.25) is 14.2 Å². The number of ketones is 1. The Morgan fingerprint density at radius 2 is 2.18 bits per heavy atom. The van der Waals surface area contributed by atoms with Crippen LogP contribution < -0.4 is 11.3 Å². The fourth-order valence-corrected chi connectivity index (χ4v) is 1.45. The first-order valence-electron chi connectivity index (χ1n) is 5.57. The molecule has 1 aromatic heterocycles. The van der Waals surface area contributed by atoms with Crippen LogP contribution in [0.15, 0.2) is 17.3 Å². The molecule has 0 atom stereocenters. The lowest BCUT2D eigenvalue weighted by Crippen LogP contribution is -2.26. The molecule has 0 aliphatic carbocycles. The summed E-state index contributed by atoms with van der Waals surface area (Å²) < 4.78 is 13.8. The zero-order valence-corrected chi connectivity index (χ0v) is 9.56. The summed E-state index contributed by atoms with van der Waals surface area (Å²) in [7, 11) is 0. The molecule has 0 saturated carbocycles. The molecule has 0 amide bonds. The number of Topliss-reactive ketones (excluding diaryl/α,β-unsaturated/α-hetero) is 1. The average Bonchev–Trinajstić information content (AvgIpc) is 2.31. The van der Waals surface area contributed by atoms with Crippen LogP contribution in [0.25, 0.3) is 0 Å². The van der Waals surface area contributed by atoms with Crippen LogP contribution in [0.4, 0.5) is 4.39 Å². The summed E-state index contributed by atoms with van der Waals surface area (Å²) in [5.41, 5.74) is 4.52. The van der Waals surface area contributed by atoms with Crippen molar-refractivity contribution in [2.45, 2.75) is 32.2 Å². The van der Waals surface area contributed by atoms with E-state index in [-0.39, 0.29) is 12.3 Å². The van der Waals surface area contributed by atoms with Gasteiger partial charge >= 0.3 is 0 Å². The third-order valence-electron chi connectivity index (χ3n) is 2.37. The number of unbranched alkanes of at least 4 members (excludes halogenated alkanes) is 2. The summed E-state index contributed by atoms with van der Waals surface area (Å²) in [6.07, 6.45) is 4.90. The van der Waals surface area contributed by atoms with E-state index in [2.05, 4.69) is 4.98 Å². The van der Waals surface area contributed by atoms with Crippen molar-refractivity contribution < 1.29 is 9.18 Å². The fraction of sp³-hybridized carbons (Fsp3) is 0.545. The van der Waals surface area contributed by atoms with Gasteiger partial charge in [0.05, 0.1) is 19.1 Å². The largest absolute Gasteiger partial charge is 0.330 e. The van der Waals surface area contributed by atoms with E-state index >= 15 is 0 Å². The second kappa shape index (κ2) is 6.90. The number of hydrogen-bond acceptors (Lipinski definition) is 4. The van der Waals surface area contributed by atoms with Gasteiger partial charge in [-0.05, 0) is 19.4 Å². The van der Waals surface area contributed by atoms with Gasteiger partial charge in [0.1, 0.15) is 0 Å². The number of nitrogens with zero attached hydrogens (tertiary/aromatic N) is 2. The average molecular weight is 241 g/mol. The fourth-order valence-electron chi connectivity index (χ4n) is 1.45. The molecule has 17 heavy (non-hydrogen) atoms. The molecule has 0 aliphatic heterocycles. The molecule has 6 heteroatoms. The first-order chi connectivity index (χ1) is 8.15. The summed E-state index contributed by atoms with van der Waals surface area (Å²) >= 11 is 0. The first-order valence-corrected chi connectivity index (χ1v) is 5.57. The van der Waals surface area contributed by atoms with Crippen molar-refractivity contribution in [3.05, 3.63) is 28.7 Å². The van der Waals surface area contributed by atoms with Gasteiger partial charge in [-0.1, -0.05) is 6.42 Å². The minimum absolute atomic E-state index is 0.100. The molecule has 0 spiro atoms. The highest BCUT2D eigenvalue weighted by atomic mass is 19.1. The van der Waals surface area contributed by atoms with Crippen LogP contribution in [0.1, 0.15) is 25.7 Å². The van der Waals surface area contributed by atoms with Crippen LogP contribution in [0.2, 0.25) is 0 Å². The number of carbonyl (C=O) groups is 1. The topological polar surface area (TPSA) is 78.0 Å². The van der Waals surface area contributed by atoms with E-state index in [9.17, 15) is 14.0 Å². The highest BCUT2D eigenvalue weighted by molar-refractivity contribution is 5.78. The van der Waals surface area contributed by atoms with Gasteiger partial charge in [-0.2, -0.15) is 4.39 Å². The number of rotatable bonds is 7. The van der Waals surface area contributed by atoms with Crippen molar-refractivity contribution in [3.63, 3.8) is 0 Å². The highest BCUT2D eigenvalue weighted by Gasteiger charge is 2.07. The second-order valence-corrected chi connectivity index (χ2v) is 3.81. The van der Waals surface area contributed by atoms with Crippen molar-refractivity contribution in [1.29, 1.82) is 0 Å². The normalized spacial score (nSPS) is 10.5. The molecule has 0 radical (unpaired) electrons. The van der Waals surface area contributed by atoms with Gasteiger partial charge in [0.25, 0.3) is 5.56 Å². The summed E-state index contributed by atoms with van der Waals surface area (Å²) in [6, 6.07) is 0. The van der Waals surface area contributed by atoms with E-state index in [1.165, 1.54) is 6.33 Å². The SMILES string of the molecule is NCCCCCC(=O)Cn1cncc(F)c1=O. The molecule has 2 N–H and O–H groups in total. The molecule has 1 rings (SSSR count). The Morgan fingerprint density at radius 3 is 2.88 bits per heavy atom. The summed E-state index contributed by atoms with van der Waals surface area (Å²) in [5, 5.41) is 0. The maximum atomic E-state index is 12.9. The molecule has 0 aromatic carbocycles. The Labute approximate surface area is 98.5 Å². The van der Waals surface area contributed by atoms with Crippen LogP contribution in [0, 0.1) is 5.82 Å². The molecule has 0 fully saturated rings. The molecule has 0 bridgehead atoms. The van der Waals surface area contributed by atoms with E-state index in [1.54, 1.807) is 0 Å². The molecule has 0 aliphatic rings. The number of nitrogens with two attached hydrogens (primary N) is 1. The molecule has 1 aromatic rings. The Morgan fingerprint density at radius 1 is 1.41 bits per heavy atom. The van der Waals surface area contributed by atoms with Gasteiger partial charge in [0, 0.05) is 6.42 Å². The second-order valence-electron chi connectivity index (χ2n) is 3.81. The van der Waals surface area contributed by atoms with Crippen LogP contribution in [-0.2, 0) is 11.3 Å². The monoisotopic (exact) mass is 241 g/mol. The number of halogens is 1. The quantitative estimate of drug-likeness (QED) is 0.704. The predicted molar refractivity (Wildman–Crippen MR) is 61.0 cm³/mol. The van der Waals surface area contributed by atoms with Gasteiger partial charge in [0.2, 0.25) is 5.82 Å². The smallest absolute Gasteiger partial charge is 0.289 e. The Kier molecular flexibility index (Phi) is 5.48. The lowest BCUT2D eigenvalue weighted by atomic mass is 10.1. The van der Waals surface area contributed by atoms with E-state index < -0.39 is 11.4 Å². The zero-order chi connectivity index (χ0) is 12.7. The van der Waals surface area contributed by atoms with Crippen molar-refractivity contribution in [3.8, 4) is 0 Å². The summed E-state index contributed by atoms with van der Waals surface area (Å²) in [5.74, 6) is -1.04. The van der Waals surface area contributed by atoms with Crippen LogP contribution in [0.5, 0.6) is 0 Å². The van der Waals surface area contributed by atoms with Crippen molar-refractivity contribution in [2.24, 2.45) is 5.73 Å². The summed E-state index contributed by atoms with van der Waals surface area (Å²) in [4.78, 5) is 26.3. The van der Waals surface area contributed by atoms with Crippen molar-refractivity contribution in [1.82, 2.24) is 9.55 Å². The van der Waals surface area contributed by atoms with E-state index in [1.807, 2.05) is 0 Å². The molecule has 0 unspecified atom stereocenters. The minimum Gasteiger partial charge on any atom is -0.330 e. The standard InChI is InChI=1S/C11H16FN3O2/c12-10-6-14-8-15(11(10)17)7-9(16)4-2-1-3-5-13/h6,8H,1-5,7,13H2. The first kappa shape index (κ1) is 13.5.